The van der Waals surface area contributed by atoms with Crippen molar-refractivity contribution in [3.63, 3.8) is 0 Å². The Morgan fingerprint density at radius 2 is 1.79 bits per heavy atom. The lowest BCUT2D eigenvalue weighted by Gasteiger charge is -2.06. The second kappa shape index (κ2) is 4.41. The topological polar surface area (TPSA) is 17.1 Å². The lowest BCUT2D eigenvalue weighted by atomic mass is 9.98. The van der Waals surface area contributed by atoms with Gasteiger partial charge in [0, 0.05) is 12.0 Å². The van der Waals surface area contributed by atoms with Crippen LogP contribution in [-0.2, 0) is 0 Å². The number of aryl methyl sites for hydroxylation is 2. The molecule has 0 atom stereocenters. The molecule has 75 valence electrons. The maximum absolute atomic E-state index is 11.7. The number of ketones is 1. The minimum absolute atomic E-state index is 0.216. The van der Waals surface area contributed by atoms with E-state index in [0.717, 1.165) is 11.5 Å². The molecule has 1 aromatic carbocycles. The lowest BCUT2D eigenvalue weighted by Crippen LogP contribution is -2.02. The zero-order valence-corrected chi connectivity index (χ0v) is 9.35. The van der Waals surface area contributed by atoms with Gasteiger partial charge < -0.3 is 0 Å². The Morgan fingerprint density at radius 3 is 2.29 bits per heavy atom. The summed E-state index contributed by atoms with van der Waals surface area (Å²) in [7, 11) is 0. The molecule has 0 unspecified atom stereocenters. The lowest BCUT2D eigenvalue weighted by molar-refractivity contribution is 0.0987. The fourth-order valence-corrected chi connectivity index (χ4v) is 1.34. The molecular formula is C13H17O. The molecule has 0 aliphatic carbocycles. The van der Waals surface area contributed by atoms with Crippen molar-refractivity contribution in [3.8, 4) is 0 Å². The largest absolute Gasteiger partial charge is 0.294 e. The summed E-state index contributed by atoms with van der Waals surface area (Å²) < 4.78 is 0. The van der Waals surface area contributed by atoms with Crippen LogP contribution in [0.4, 0.5) is 0 Å². The molecule has 14 heavy (non-hydrogen) atoms. The molecule has 1 rings (SSSR count). The summed E-state index contributed by atoms with van der Waals surface area (Å²) in [5, 5.41) is 0. The minimum Gasteiger partial charge on any atom is -0.294 e. The Hall–Kier alpha value is -1.11. The van der Waals surface area contributed by atoms with Gasteiger partial charge in [-0.25, -0.2) is 0 Å². The van der Waals surface area contributed by atoms with Gasteiger partial charge >= 0.3 is 0 Å². The van der Waals surface area contributed by atoms with Crippen LogP contribution >= 0.6 is 0 Å². The van der Waals surface area contributed by atoms with Crippen molar-refractivity contribution in [2.75, 3.05) is 0 Å². The number of rotatable bonds is 3. The Morgan fingerprint density at radius 1 is 1.14 bits per heavy atom. The van der Waals surface area contributed by atoms with Crippen LogP contribution in [0.25, 0.3) is 0 Å². The molecule has 1 heteroatoms. The Bertz CT molecular complexity index is 337. The van der Waals surface area contributed by atoms with Crippen molar-refractivity contribution < 1.29 is 4.79 Å². The molecular weight excluding hydrogens is 172 g/mol. The molecule has 0 saturated heterocycles. The number of carbonyl (C=O) groups excluding carboxylic acids is 1. The molecule has 0 aliphatic rings. The summed E-state index contributed by atoms with van der Waals surface area (Å²) in [4.78, 5) is 11.7. The summed E-state index contributed by atoms with van der Waals surface area (Å²) in [5.41, 5.74) is 3.25. The van der Waals surface area contributed by atoms with E-state index in [1.54, 1.807) is 0 Å². The molecule has 1 aromatic rings. The van der Waals surface area contributed by atoms with Crippen molar-refractivity contribution in [1.29, 1.82) is 0 Å². The zero-order valence-electron chi connectivity index (χ0n) is 9.35. The smallest absolute Gasteiger partial charge is 0.163 e. The average molecular weight is 189 g/mol. The van der Waals surface area contributed by atoms with Crippen molar-refractivity contribution >= 4 is 5.78 Å². The van der Waals surface area contributed by atoms with Gasteiger partial charge in [-0.05, 0) is 37.0 Å². The van der Waals surface area contributed by atoms with E-state index in [4.69, 9.17) is 0 Å². The van der Waals surface area contributed by atoms with Crippen LogP contribution < -0.4 is 0 Å². The zero-order chi connectivity index (χ0) is 10.7. The second-order valence-corrected chi connectivity index (χ2v) is 4.11. The highest BCUT2D eigenvalue weighted by Gasteiger charge is 2.08. The minimum atomic E-state index is 0.216. The van der Waals surface area contributed by atoms with Crippen LogP contribution in [0.3, 0.4) is 0 Å². The SMILES string of the molecule is C[C](C)CC(=O)c1ccc(C)c(C)c1. The number of carbonyl (C=O) groups is 1. The monoisotopic (exact) mass is 189 g/mol. The summed E-state index contributed by atoms with van der Waals surface area (Å²) in [6, 6.07) is 5.89. The normalized spacial score (nSPS) is 10.6. The van der Waals surface area contributed by atoms with Gasteiger partial charge in [0.1, 0.15) is 0 Å². The van der Waals surface area contributed by atoms with Crippen molar-refractivity contribution in [2.24, 2.45) is 0 Å². The number of hydrogen-bond acceptors (Lipinski definition) is 1. The molecule has 1 radical (unpaired) electrons. The van der Waals surface area contributed by atoms with Gasteiger partial charge in [-0.1, -0.05) is 26.0 Å². The molecule has 1 nitrogen and oxygen atoms in total. The van der Waals surface area contributed by atoms with Gasteiger partial charge in [0.25, 0.3) is 0 Å². The van der Waals surface area contributed by atoms with Crippen molar-refractivity contribution in [2.45, 2.75) is 34.1 Å². The number of hydrogen-bond donors (Lipinski definition) is 0. The summed E-state index contributed by atoms with van der Waals surface area (Å²) in [6.45, 7) is 8.06. The molecule has 0 fully saturated rings. The van der Waals surface area contributed by atoms with E-state index in [0.29, 0.717) is 6.42 Å². The van der Waals surface area contributed by atoms with E-state index in [2.05, 4.69) is 6.92 Å². The Balaban J connectivity index is 2.86. The van der Waals surface area contributed by atoms with Crippen molar-refractivity contribution in [1.82, 2.24) is 0 Å². The predicted octanol–water partition coefficient (Wildman–Crippen LogP) is 3.49. The number of benzene rings is 1. The van der Waals surface area contributed by atoms with Gasteiger partial charge in [-0.15, -0.1) is 0 Å². The first-order valence-corrected chi connectivity index (χ1v) is 4.90. The summed E-state index contributed by atoms with van der Waals surface area (Å²) >= 11 is 0. The standard InChI is InChI=1S/C13H17O/c1-9(2)7-13(14)12-6-5-10(3)11(4)8-12/h5-6,8H,7H2,1-4H3. The highest BCUT2D eigenvalue weighted by Crippen LogP contribution is 2.14. The quantitative estimate of drug-likeness (QED) is 0.665. The number of Topliss-reactive ketones (excluding diaryl/α,β-unsaturated/α-hetero) is 1. The first kappa shape index (κ1) is 11.0. The molecule has 0 spiro atoms. The molecule has 0 saturated carbocycles. The third-order valence-corrected chi connectivity index (χ3v) is 2.34. The molecule has 0 N–H and O–H groups in total. The highest BCUT2D eigenvalue weighted by atomic mass is 16.1. The Kier molecular flexibility index (Phi) is 3.45. The van der Waals surface area contributed by atoms with E-state index < -0.39 is 0 Å². The summed E-state index contributed by atoms with van der Waals surface area (Å²) in [6.07, 6.45) is 0.558. The van der Waals surface area contributed by atoms with Crippen LogP contribution in [0.2, 0.25) is 0 Å². The highest BCUT2D eigenvalue weighted by molar-refractivity contribution is 5.97. The second-order valence-electron chi connectivity index (χ2n) is 4.11. The maximum Gasteiger partial charge on any atom is 0.163 e. The van der Waals surface area contributed by atoms with E-state index in [-0.39, 0.29) is 5.78 Å². The van der Waals surface area contributed by atoms with E-state index >= 15 is 0 Å². The predicted molar refractivity (Wildman–Crippen MR) is 59.5 cm³/mol. The fourth-order valence-electron chi connectivity index (χ4n) is 1.34. The van der Waals surface area contributed by atoms with Crippen LogP contribution in [0.5, 0.6) is 0 Å². The first-order chi connectivity index (χ1) is 6.50. The van der Waals surface area contributed by atoms with E-state index in [1.807, 2.05) is 39.0 Å². The third-order valence-electron chi connectivity index (χ3n) is 2.34. The van der Waals surface area contributed by atoms with E-state index in [1.165, 1.54) is 11.1 Å². The van der Waals surface area contributed by atoms with E-state index in [9.17, 15) is 4.79 Å². The third kappa shape index (κ3) is 2.69. The maximum atomic E-state index is 11.7. The Labute approximate surface area is 86.1 Å². The molecule has 0 amide bonds. The van der Waals surface area contributed by atoms with Crippen LogP contribution in [-0.4, -0.2) is 5.78 Å². The van der Waals surface area contributed by atoms with Crippen LogP contribution in [0.15, 0.2) is 18.2 Å². The van der Waals surface area contributed by atoms with Gasteiger partial charge in [0.2, 0.25) is 0 Å². The molecule has 0 aromatic heterocycles. The van der Waals surface area contributed by atoms with Crippen LogP contribution in [0.1, 0.15) is 41.8 Å². The molecule has 0 heterocycles. The van der Waals surface area contributed by atoms with Gasteiger partial charge in [-0.3, -0.25) is 4.79 Å². The molecule has 0 aliphatic heterocycles. The van der Waals surface area contributed by atoms with Gasteiger partial charge in [0.15, 0.2) is 5.78 Å². The molecule has 0 bridgehead atoms. The summed E-state index contributed by atoms with van der Waals surface area (Å²) in [5.74, 6) is 1.38. The van der Waals surface area contributed by atoms with Crippen molar-refractivity contribution in [3.05, 3.63) is 40.8 Å². The average Bonchev–Trinajstić information content (AvgIpc) is 2.08. The van der Waals surface area contributed by atoms with Gasteiger partial charge in [0.05, 0.1) is 0 Å². The van der Waals surface area contributed by atoms with Gasteiger partial charge in [-0.2, -0.15) is 0 Å². The fraction of sp³-hybridized carbons (Fsp3) is 0.385. The van der Waals surface area contributed by atoms with Crippen LogP contribution in [0, 0.1) is 19.8 Å². The first-order valence-electron chi connectivity index (χ1n) is 4.90.